The van der Waals surface area contributed by atoms with Gasteiger partial charge in [-0.05, 0) is 143 Å². The monoisotopic (exact) mass is 1360 g/mol. The molecule has 2 aliphatic heterocycles. The Morgan fingerprint density at radius 3 is 1.11 bits per heavy atom. The third-order valence-corrected chi connectivity index (χ3v) is 15.1. The molecule has 0 saturated heterocycles. The molecular weight excluding hydrogens is 1320 g/mol. The van der Waals surface area contributed by atoms with E-state index in [-0.39, 0.29) is 76.6 Å². The number of hydrogen-bond donors (Lipinski definition) is 4. The number of rotatable bonds is 13. The second-order valence-electron chi connectivity index (χ2n) is 21.1. The maximum atomic E-state index is 15.2. The molecule has 492 valence electrons. The van der Waals surface area contributed by atoms with Crippen LogP contribution in [0.2, 0.25) is 0 Å². The zero-order chi connectivity index (χ0) is 70.3. The van der Waals surface area contributed by atoms with Crippen LogP contribution in [0.5, 0.6) is 0 Å². The van der Waals surface area contributed by atoms with Crippen molar-refractivity contribution >= 4 is 76.7 Å². The topological polar surface area (TPSA) is 205 Å². The summed E-state index contributed by atoms with van der Waals surface area (Å²) in [6, 6.07) is 13.7. The summed E-state index contributed by atoms with van der Waals surface area (Å²) in [6.07, 6.45) is -34.3. The minimum absolute atomic E-state index is 0.00497. The number of fused-ring (bicyclic) bond motifs is 2. The van der Waals surface area contributed by atoms with E-state index in [2.05, 4.69) is 10.6 Å². The van der Waals surface area contributed by atoms with Crippen LogP contribution in [0, 0.1) is 0 Å². The minimum Gasteiger partial charge on any atom is -0.322 e. The molecule has 0 saturated carbocycles. The van der Waals surface area contributed by atoms with Crippen molar-refractivity contribution in [2.24, 2.45) is 0 Å². The Morgan fingerprint density at radius 1 is 0.354 bits per heavy atom. The maximum absolute atomic E-state index is 15.2. The van der Waals surface area contributed by atoms with E-state index in [0.717, 1.165) is 54.6 Å². The van der Waals surface area contributed by atoms with Gasteiger partial charge in [0.1, 0.15) is 12.6 Å². The summed E-state index contributed by atoms with van der Waals surface area (Å²) in [6.45, 7) is 0. The lowest BCUT2D eigenvalue weighted by Gasteiger charge is -2.38. The van der Waals surface area contributed by atoms with Gasteiger partial charge in [-0.1, -0.05) is 42.5 Å². The molecule has 10 rings (SSSR count). The highest BCUT2D eigenvalue weighted by molar-refractivity contribution is 6.34. The summed E-state index contributed by atoms with van der Waals surface area (Å²) in [5.41, 5.74) is -29.1. The molecule has 14 nitrogen and oxygen atoms in total. The molecule has 32 heteroatoms. The van der Waals surface area contributed by atoms with E-state index in [1.54, 1.807) is 5.32 Å². The Labute approximate surface area is 523 Å². The molecular formula is C64H31F18N5O9. The van der Waals surface area contributed by atoms with Gasteiger partial charge in [0.15, 0.2) is 0 Å². The molecule has 0 atom stereocenters. The number of benzene rings is 8. The molecule has 4 N–H and O–H groups in total. The van der Waals surface area contributed by atoms with Crippen LogP contribution in [-0.2, 0) is 30.1 Å². The molecule has 0 bridgehead atoms. The van der Waals surface area contributed by atoms with Crippen molar-refractivity contribution in [2.75, 3.05) is 20.9 Å². The molecule has 0 aromatic heterocycles. The van der Waals surface area contributed by atoms with Gasteiger partial charge in [-0.25, -0.2) is 4.90 Å². The second-order valence-corrected chi connectivity index (χ2v) is 21.1. The van der Waals surface area contributed by atoms with Gasteiger partial charge in [0, 0.05) is 44.9 Å². The fourth-order valence-corrected chi connectivity index (χ4v) is 10.9. The van der Waals surface area contributed by atoms with E-state index in [1.807, 2.05) is 5.32 Å². The summed E-state index contributed by atoms with van der Waals surface area (Å²) in [5, 5.41) is 7.94. The van der Waals surface area contributed by atoms with E-state index in [0.29, 0.717) is 54.6 Å². The summed E-state index contributed by atoms with van der Waals surface area (Å²) >= 11 is 0. The average molecular weight is 1360 g/mol. The van der Waals surface area contributed by atoms with E-state index >= 15 is 39.5 Å². The average Bonchev–Trinajstić information content (AvgIpc) is 1.14. The van der Waals surface area contributed by atoms with Crippen molar-refractivity contribution in [3.05, 3.63) is 235 Å². The largest absolute Gasteiger partial charge is 0.417 e. The lowest BCUT2D eigenvalue weighted by Crippen LogP contribution is -2.55. The van der Waals surface area contributed by atoms with E-state index in [1.165, 1.54) is 0 Å². The van der Waals surface area contributed by atoms with Crippen LogP contribution in [0.15, 0.2) is 152 Å². The Balaban J connectivity index is 0.894. The van der Waals surface area contributed by atoms with Gasteiger partial charge in [0.05, 0.1) is 50.2 Å². The number of carbonyl (C=O) groups excluding carboxylic acids is 9. The first-order chi connectivity index (χ1) is 44.7. The molecule has 0 fully saturated rings. The molecule has 0 aliphatic carbocycles. The van der Waals surface area contributed by atoms with Gasteiger partial charge < -0.3 is 16.0 Å². The van der Waals surface area contributed by atoms with Crippen molar-refractivity contribution in [2.45, 2.75) is 42.5 Å². The van der Waals surface area contributed by atoms with Gasteiger partial charge in [0.2, 0.25) is 5.41 Å². The number of carbonyl (C=O) groups is 9. The molecule has 8 aromatic carbocycles. The number of halogens is 18. The van der Waals surface area contributed by atoms with Crippen molar-refractivity contribution in [3.8, 4) is 22.3 Å². The zero-order valence-electron chi connectivity index (χ0n) is 47.0. The van der Waals surface area contributed by atoms with Crippen molar-refractivity contribution in [3.63, 3.8) is 0 Å². The third kappa shape index (κ3) is 12.4. The van der Waals surface area contributed by atoms with Crippen LogP contribution >= 0.6 is 0 Å². The molecule has 0 unspecified atom stereocenters. The molecule has 0 spiro atoms. The fraction of sp³-hybridized carbons (Fsp3) is 0.109. The second kappa shape index (κ2) is 23.8. The molecule has 0 radical (unpaired) electrons. The Bertz CT molecular complexity index is 4640. The predicted molar refractivity (Wildman–Crippen MR) is 300 cm³/mol. The lowest BCUT2D eigenvalue weighted by atomic mass is 9.71. The first kappa shape index (κ1) is 67.4. The highest BCUT2D eigenvalue weighted by atomic mass is 19.4. The number of alkyl halides is 18. The minimum atomic E-state index is -6.39. The maximum Gasteiger partial charge on any atom is 0.417 e. The number of anilines is 4. The van der Waals surface area contributed by atoms with Crippen LogP contribution < -0.4 is 26.2 Å². The molecule has 7 amide bonds. The highest BCUT2D eigenvalue weighted by Crippen LogP contribution is 2.57. The quantitative estimate of drug-likeness (QED) is 0.0492. The molecule has 2 heterocycles. The van der Waals surface area contributed by atoms with Gasteiger partial charge in [-0.15, -0.1) is 0 Å². The normalized spacial score (nSPS) is 13.7. The van der Waals surface area contributed by atoms with Gasteiger partial charge in [-0.3, -0.25) is 48.5 Å². The van der Waals surface area contributed by atoms with Crippen LogP contribution in [0.1, 0.15) is 127 Å². The van der Waals surface area contributed by atoms with Gasteiger partial charge >= 0.3 is 37.1 Å². The lowest BCUT2D eigenvalue weighted by molar-refractivity contribution is -0.288. The summed E-state index contributed by atoms with van der Waals surface area (Å²) in [5.74, 6) is -9.64. The van der Waals surface area contributed by atoms with E-state index < -0.39 is 196 Å². The smallest absolute Gasteiger partial charge is 0.322 e. The van der Waals surface area contributed by atoms with Crippen LogP contribution in [-0.4, -0.2) is 66.3 Å². The molecule has 96 heavy (non-hydrogen) atoms. The summed E-state index contributed by atoms with van der Waals surface area (Å²) < 4.78 is 269. The summed E-state index contributed by atoms with van der Waals surface area (Å²) in [4.78, 5) is 114. The molecule has 2 aliphatic rings. The predicted octanol–water partition coefficient (Wildman–Crippen LogP) is 15.6. The number of hydrogen-bond acceptors (Lipinski definition) is 9. The van der Waals surface area contributed by atoms with Gasteiger partial charge in [0.25, 0.3) is 41.4 Å². The van der Waals surface area contributed by atoms with E-state index in [4.69, 9.17) is 0 Å². The SMILES string of the molecule is O=Cc1cc(C=O)cc(C(=O)Nc2ccc(-c3ccc(NC(=O)c4cccc(C(=O)Nc5ccc(-c6ccc(N7C(=O)c8ccc(C(c9ccc%10c(c9)C(=O)NC%10=O)(C(F)(F)F)C(F)(F)F)cc8C7=O)cc6C(F)(F)F)c(C(F)(F)F)c5)c4)cc3C(F)(F)F)c(C(F)(F)F)c2)c1. The first-order valence-electron chi connectivity index (χ1n) is 26.8. The standard InChI is InChI=1S/C64H31F18N5O9/c65-59(66,67)47-22-35(6-12-39(47)40-13-8-37(24-48(40)60(68,69)70)85-53(92)32-17-28(26-88)16-29(18-32)27-89)83-51(90)30-2-1-3-31(19-30)52(91)84-36-7-14-41(49(23-36)61(71,72)73)42-15-9-38(25-50(42)62(74,75)76)87-56(95)44-11-5-34(21-46(44)57(87)96)58(63(77,78)79,64(80,81)82)33-4-10-43-45(20-33)55(94)86-54(43)93/h1-27H,(H,83,90)(H,84,91)(H,85,92)(H,86,93,94). The van der Waals surface area contributed by atoms with E-state index in [9.17, 15) is 82.7 Å². The van der Waals surface area contributed by atoms with Crippen LogP contribution in [0.3, 0.4) is 0 Å². The number of amides is 7. The number of imide groups is 2. The zero-order valence-corrected chi connectivity index (χ0v) is 47.0. The van der Waals surface area contributed by atoms with Crippen molar-refractivity contribution in [1.82, 2.24) is 5.32 Å². The Hall–Kier alpha value is -11.5. The Kier molecular flexibility index (Phi) is 16.7. The van der Waals surface area contributed by atoms with Gasteiger partial charge in [-0.2, -0.15) is 79.0 Å². The number of nitrogens with zero attached hydrogens (tertiary/aromatic N) is 1. The summed E-state index contributed by atoms with van der Waals surface area (Å²) in [7, 11) is 0. The van der Waals surface area contributed by atoms with Crippen LogP contribution in [0.4, 0.5) is 102 Å². The fourth-order valence-electron chi connectivity index (χ4n) is 10.9. The number of nitrogens with one attached hydrogen (secondary N) is 4. The van der Waals surface area contributed by atoms with Crippen LogP contribution in [0.25, 0.3) is 22.3 Å². The Morgan fingerprint density at radius 2 is 0.708 bits per heavy atom. The third-order valence-electron chi connectivity index (χ3n) is 15.1. The van der Waals surface area contributed by atoms with Crippen molar-refractivity contribution in [1.29, 1.82) is 0 Å². The number of aldehydes is 2. The van der Waals surface area contributed by atoms with Crippen molar-refractivity contribution < 1.29 is 122 Å². The highest BCUT2D eigenvalue weighted by Gasteiger charge is 2.73. The molecule has 8 aromatic rings. The first-order valence-corrected chi connectivity index (χ1v) is 26.8.